The van der Waals surface area contributed by atoms with E-state index < -0.39 is 22.6 Å². The lowest BCUT2D eigenvalue weighted by atomic mass is 10.1. The number of aromatic nitrogens is 1. The first-order valence-corrected chi connectivity index (χ1v) is 6.61. The van der Waals surface area contributed by atoms with Crippen molar-refractivity contribution in [2.75, 3.05) is 0 Å². The maximum absolute atomic E-state index is 12.1. The van der Waals surface area contributed by atoms with Crippen molar-refractivity contribution in [3.8, 4) is 0 Å². The van der Waals surface area contributed by atoms with Gasteiger partial charge in [0.15, 0.2) is 5.43 Å². The van der Waals surface area contributed by atoms with E-state index in [4.69, 9.17) is 11.6 Å². The van der Waals surface area contributed by atoms with Crippen LogP contribution in [0.2, 0.25) is 0 Å². The zero-order valence-electron chi connectivity index (χ0n) is 11.2. The highest BCUT2D eigenvalue weighted by Crippen LogP contribution is 2.16. The molecule has 0 bridgehead atoms. The second-order valence-corrected chi connectivity index (χ2v) is 4.89. The fraction of sp³-hybridized carbons (Fsp3) is 0.133. The van der Waals surface area contributed by atoms with Crippen LogP contribution in [0.3, 0.4) is 0 Å². The Morgan fingerprint density at radius 3 is 2.48 bits per heavy atom. The molecule has 0 radical (unpaired) electrons. The number of carbonyl (C=O) groups is 2. The van der Waals surface area contributed by atoms with Gasteiger partial charge in [-0.1, -0.05) is 30.3 Å². The number of nitrogens with one attached hydrogen (secondary N) is 2. The van der Waals surface area contributed by atoms with Crippen LogP contribution in [0, 0.1) is 6.92 Å². The third-order valence-corrected chi connectivity index (χ3v) is 3.16. The SMILES string of the molecule is Cc1cc(=O)c(C(=O)N[C@@H](C(=O)Cl)c2ccccc2)c[nH]1. The Balaban J connectivity index is 2.27. The minimum atomic E-state index is -0.999. The quantitative estimate of drug-likeness (QED) is 0.847. The molecule has 0 aliphatic heterocycles. The highest BCUT2D eigenvalue weighted by Gasteiger charge is 2.22. The minimum Gasteiger partial charge on any atom is -0.364 e. The van der Waals surface area contributed by atoms with Crippen molar-refractivity contribution in [1.82, 2.24) is 10.3 Å². The van der Waals surface area contributed by atoms with Crippen molar-refractivity contribution >= 4 is 22.8 Å². The van der Waals surface area contributed by atoms with E-state index in [9.17, 15) is 14.4 Å². The van der Waals surface area contributed by atoms with Gasteiger partial charge in [-0.15, -0.1) is 0 Å². The summed E-state index contributed by atoms with van der Waals surface area (Å²) >= 11 is 5.54. The van der Waals surface area contributed by atoms with Crippen molar-refractivity contribution in [2.24, 2.45) is 0 Å². The Kier molecular flexibility index (Phi) is 4.55. The molecule has 108 valence electrons. The van der Waals surface area contributed by atoms with E-state index in [2.05, 4.69) is 10.3 Å². The van der Waals surface area contributed by atoms with Gasteiger partial charge in [0.2, 0.25) is 5.24 Å². The number of aromatic amines is 1. The Morgan fingerprint density at radius 1 is 1.24 bits per heavy atom. The monoisotopic (exact) mass is 304 g/mol. The highest BCUT2D eigenvalue weighted by molar-refractivity contribution is 6.64. The number of carbonyl (C=O) groups excluding carboxylic acids is 2. The van der Waals surface area contributed by atoms with Crippen molar-refractivity contribution < 1.29 is 9.59 Å². The van der Waals surface area contributed by atoms with Crippen LogP contribution in [0.15, 0.2) is 47.4 Å². The summed E-state index contributed by atoms with van der Waals surface area (Å²) in [4.78, 5) is 38.2. The molecule has 21 heavy (non-hydrogen) atoms. The third-order valence-electron chi connectivity index (χ3n) is 2.94. The van der Waals surface area contributed by atoms with Gasteiger partial charge in [0.1, 0.15) is 11.6 Å². The number of benzene rings is 1. The minimum absolute atomic E-state index is 0.0700. The first kappa shape index (κ1) is 15.0. The van der Waals surface area contributed by atoms with Gasteiger partial charge in [0.05, 0.1) is 0 Å². The molecule has 5 nitrogen and oxygen atoms in total. The number of H-pyrrole nitrogens is 1. The van der Waals surface area contributed by atoms with E-state index in [1.165, 1.54) is 12.3 Å². The molecule has 0 aliphatic rings. The van der Waals surface area contributed by atoms with Crippen LogP contribution < -0.4 is 10.7 Å². The smallest absolute Gasteiger partial charge is 0.257 e. The van der Waals surface area contributed by atoms with Gasteiger partial charge in [-0.2, -0.15) is 0 Å². The first-order chi connectivity index (χ1) is 9.99. The Hall–Kier alpha value is -2.40. The van der Waals surface area contributed by atoms with Crippen LogP contribution in [-0.2, 0) is 4.79 Å². The Morgan fingerprint density at radius 2 is 1.90 bits per heavy atom. The van der Waals surface area contributed by atoms with Crippen LogP contribution >= 0.6 is 11.6 Å². The summed E-state index contributed by atoms with van der Waals surface area (Å²) in [5.74, 6) is -0.654. The van der Waals surface area contributed by atoms with Crippen LogP contribution in [0.5, 0.6) is 0 Å². The van der Waals surface area contributed by atoms with Crippen molar-refractivity contribution in [1.29, 1.82) is 0 Å². The number of hydrogen-bond donors (Lipinski definition) is 2. The topological polar surface area (TPSA) is 79.0 Å². The van der Waals surface area contributed by atoms with E-state index in [1.54, 1.807) is 37.3 Å². The predicted molar refractivity (Wildman–Crippen MR) is 79.3 cm³/mol. The fourth-order valence-corrected chi connectivity index (χ4v) is 2.06. The normalized spacial score (nSPS) is 11.7. The van der Waals surface area contributed by atoms with Crippen molar-refractivity contribution in [3.63, 3.8) is 0 Å². The van der Waals surface area contributed by atoms with Gasteiger partial charge in [0.25, 0.3) is 5.91 Å². The number of halogens is 1. The first-order valence-electron chi connectivity index (χ1n) is 6.23. The molecule has 2 aromatic rings. The largest absolute Gasteiger partial charge is 0.364 e. The molecular weight excluding hydrogens is 292 g/mol. The van der Waals surface area contributed by atoms with E-state index >= 15 is 0 Å². The molecule has 0 spiro atoms. The van der Waals surface area contributed by atoms with Gasteiger partial charge < -0.3 is 10.3 Å². The van der Waals surface area contributed by atoms with Gasteiger partial charge in [-0.25, -0.2) is 0 Å². The average molecular weight is 305 g/mol. The molecule has 2 N–H and O–H groups in total. The van der Waals surface area contributed by atoms with Crippen molar-refractivity contribution in [2.45, 2.75) is 13.0 Å². The van der Waals surface area contributed by atoms with E-state index in [0.717, 1.165) is 0 Å². The molecule has 1 amide bonds. The van der Waals surface area contributed by atoms with E-state index in [-0.39, 0.29) is 5.56 Å². The second-order valence-electron chi connectivity index (χ2n) is 4.52. The summed E-state index contributed by atoms with van der Waals surface area (Å²) in [5, 5.41) is 1.74. The lowest BCUT2D eigenvalue weighted by Crippen LogP contribution is -2.34. The number of aryl methyl sites for hydroxylation is 1. The molecular formula is C15H13ClN2O3. The Labute approximate surface area is 126 Å². The van der Waals surface area contributed by atoms with Crippen molar-refractivity contribution in [3.05, 3.63) is 69.6 Å². The molecule has 2 rings (SSSR count). The predicted octanol–water partition coefficient (Wildman–Crippen LogP) is 1.92. The van der Waals surface area contributed by atoms with E-state index in [1.807, 2.05) is 0 Å². The fourth-order valence-electron chi connectivity index (χ4n) is 1.88. The number of pyridine rings is 1. The molecule has 6 heteroatoms. The lowest BCUT2D eigenvalue weighted by molar-refractivity contribution is -0.113. The summed E-state index contributed by atoms with van der Waals surface area (Å²) < 4.78 is 0. The summed E-state index contributed by atoms with van der Waals surface area (Å²) in [6, 6.07) is 8.90. The number of amides is 1. The second kappa shape index (κ2) is 6.37. The van der Waals surface area contributed by atoms with E-state index in [0.29, 0.717) is 11.3 Å². The van der Waals surface area contributed by atoms with Gasteiger partial charge >= 0.3 is 0 Å². The van der Waals surface area contributed by atoms with Crippen LogP contribution in [0.4, 0.5) is 0 Å². The molecule has 1 atom stereocenters. The summed E-state index contributed by atoms with van der Waals surface area (Å²) in [5.41, 5.74) is 0.705. The molecule has 0 fully saturated rings. The zero-order chi connectivity index (χ0) is 15.4. The van der Waals surface area contributed by atoms with Gasteiger partial charge in [-0.05, 0) is 24.1 Å². The molecule has 1 aromatic heterocycles. The molecule has 1 aromatic carbocycles. The summed E-state index contributed by atoms with van der Waals surface area (Å²) in [6.45, 7) is 1.71. The maximum atomic E-state index is 12.1. The third kappa shape index (κ3) is 3.58. The zero-order valence-corrected chi connectivity index (χ0v) is 12.0. The maximum Gasteiger partial charge on any atom is 0.257 e. The lowest BCUT2D eigenvalue weighted by Gasteiger charge is -2.15. The van der Waals surface area contributed by atoms with Crippen LogP contribution in [0.25, 0.3) is 0 Å². The average Bonchev–Trinajstić information content (AvgIpc) is 2.45. The summed E-state index contributed by atoms with van der Waals surface area (Å²) in [6.07, 6.45) is 1.31. The highest BCUT2D eigenvalue weighted by atomic mass is 35.5. The van der Waals surface area contributed by atoms with Crippen LogP contribution in [-0.4, -0.2) is 16.1 Å². The standard InChI is InChI=1S/C15H13ClN2O3/c1-9-7-12(19)11(8-17-9)15(21)18-13(14(16)20)10-5-3-2-4-6-10/h2-8,13H,1H3,(H,17,19)(H,18,21)/t13-/m1/s1. The van der Waals surface area contributed by atoms with Crippen LogP contribution in [0.1, 0.15) is 27.7 Å². The number of rotatable bonds is 4. The molecule has 0 saturated heterocycles. The molecule has 0 unspecified atom stereocenters. The summed E-state index contributed by atoms with van der Waals surface area (Å²) in [7, 11) is 0. The molecule has 0 saturated carbocycles. The van der Waals surface area contributed by atoms with Gasteiger partial charge in [-0.3, -0.25) is 14.4 Å². The van der Waals surface area contributed by atoms with Gasteiger partial charge in [0, 0.05) is 18.0 Å². The molecule has 1 heterocycles. The molecule has 0 aliphatic carbocycles. The number of hydrogen-bond acceptors (Lipinski definition) is 3. The Bertz CT molecular complexity index is 725.